The number of fused-ring (bicyclic) bond motifs is 1. The van der Waals surface area contributed by atoms with E-state index in [1.807, 2.05) is 27.0 Å². The quantitative estimate of drug-likeness (QED) is 0.698. The minimum atomic E-state index is -0.178. The predicted octanol–water partition coefficient (Wildman–Crippen LogP) is 2.36. The summed E-state index contributed by atoms with van der Waals surface area (Å²) in [5, 5.41) is 10.5. The normalized spacial score (nSPS) is 11.2. The molecule has 2 N–H and O–H groups in total. The fraction of sp³-hybridized carbons (Fsp3) is 0.353. The maximum Gasteiger partial charge on any atom is 0.259 e. The third-order valence-corrected chi connectivity index (χ3v) is 3.84. The molecular formula is C17H20N4O3. The van der Waals surface area contributed by atoms with E-state index in [0.29, 0.717) is 41.1 Å². The summed E-state index contributed by atoms with van der Waals surface area (Å²) in [5.74, 6) is 1.36. The molecule has 0 aliphatic heterocycles. The molecule has 3 aromatic rings. The van der Waals surface area contributed by atoms with Crippen LogP contribution in [0.15, 0.2) is 21.1 Å². The number of likely N-dealkylation sites (N-methyl/N-ethyl adjacent to an activating group) is 1. The summed E-state index contributed by atoms with van der Waals surface area (Å²) in [6.45, 7) is 6.76. The van der Waals surface area contributed by atoms with Gasteiger partial charge in [0.15, 0.2) is 0 Å². The Morgan fingerprint density at radius 2 is 2.00 bits per heavy atom. The number of carbonyl (C=O) groups is 1. The van der Waals surface area contributed by atoms with Crippen molar-refractivity contribution in [2.75, 3.05) is 20.1 Å². The molecule has 0 saturated carbocycles. The fourth-order valence-corrected chi connectivity index (χ4v) is 2.69. The highest BCUT2D eigenvalue weighted by Gasteiger charge is 2.20. The molecule has 7 nitrogen and oxygen atoms in total. The van der Waals surface area contributed by atoms with E-state index in [1.54, 1.807) is 13.0 Å². The number of nitrogens with one attached hydrogen (secondary N) is 2. The van der Waals surface area contributed by atoms with E-state index in [2.05, 4.69) is 20.8 Å². The van der Waals surface area contributed by atoms with Crippen LogP contribution in [-0.4, -0.2) is 36.2 Å². The molecule has 0 bridgehead atoms. The lowest BCUT2D eigenvalue weighted by Crippen LogP contribution is -2.30. The maximum atomic E-state index is 12.6. The molecule has 7 heteroatoms. The van der Waals surface area contributed by atoms with E-state index < -0.39 is 0 Å². The number of rotatable bonds is 5. The lowest BCUT2D eigenvalue weighted by atomic mass is 10.1. The molecule has 3 aromatic heterocycles. The Kier molecular flexibility index (Phi) is 4.35. The Balaban J connectivity index is 2.10. The molecule has 0 radical (unpaired) electrons. The molecule has 1 amide bonds. The van der Waals surface area contributed by atoms with E-state index in [0.717, 1.165) is 17.1 Å². The van der Waals surface area contributed by atoms with Gasteiger partial charge in [0.2, 0.25) is 0 Å². The minimum Gasteiger partial charge on any atom is -0.466 e. The predicted molar refractivity (Wildman–Crippen MR) is 90.0 cm³/mol. The Labute approximate surface area is 139 Å². The number of nitrogens with zero attached hydrogens (tertiary/aromatic N) is 2. The van der Waals surface area contributed by atoms with Crippen LogP contribution in [0, 0.1) is 20.8 Å². The molecule has 0 unspecified atom stereocenters. The monoisotopic (exact) mass is 328 g/mol. The molecular weight excluding hydrogens is 308 g/mol. The first-order chi connectivity index (χ1) is 11.5. The molecule has 0 fully saturated rings. The average Bonchev–Trinajstić information content (AvgIpc) is 3.09. The van der Waals surface area contributed by atoms with Gasteiger partial charge >= 0.3 is 0 Å². The Morgan fingerprint density at radius 1 is 1.21 bits per heavy atom. The van der Waals surface area contributed by atoms with Crippen LogP contribution in [0.4, 0.5) is 0 Å². The van der Waals surface area contributed by atoms with Crippen molar-refractivity contribution in [3.05, 3.63) is 34.9 Å². The smallest absolute Gasteiger partial charge is 0.259 e. The summed E-state index contributed by atoms with van der Waals surface area (Å²) < 4.78 is 10.9. The zero-order chi connectivity index (χ0) is 17.3. The van der Waals surface area contributed by atoms with E-state index in [1.165, 1.54) is 0 Å². The molecule has 3 heterocycles. The third kappa shape index (κ3) is 2.90. The number of aryl methyl sites for hydroxylation is 3. The number of pyridine rings is 1. The molecule has 0 atom stereocenters. The highest BCUT2D eigenvalue weighted by Crippen LogP contribution is 2.30. The minimum absolute atomic E-state index is 0.178. The molecule has 24 heavy (non-hydrogen) atoms. The molecule has 0 spiro atoms. The molecule has 0 saturated heterocycles. The zero-order valence-electron chi connectivity index (χ0n) is 14.2. The van der Waals surface area contributed by atoms with Crippen LogP contribution >= 0.6 is 0 Å². The number of hydrogen-bond donors (Lipinski definition) is 2. The van der Waals surface area contributed by atoms with Crippen molar-refractivity contribution in [3.63, 3.8) is 0 Å². The van der Waals surface area contributed by atoms with Gasteiger partial charge < -0.3 is 19.6 Å². The first-order valence-corrected chi connectivity index (χ1v) is 7.78. The van der Waals surface area contributed by atoms with Gasteiger partial charge in [-0.1, -0.05) is 5.16 Å². The lowest BCUT2D eigenvalue weighted by molar-refractivity contribution is 0.0955. The number of furan rings is 1. The fourth-order valence-electron chi connectivity index (χ4n) is 2.69. The van der Waals surface area contributed by atoms with Gasteiger partial charge in [-0.05, 0) is 40.0 Å². The molecule has 3 rings (SSSR count). The van der Waals surface area contributed by atoms with Crippen LogP contribution in [0.1, 0.15) is 27.6 Å². The molecule has 0 aromatic carbocycles. The number of carbonyl (C=O) groups excluding carboxylic acids is 1. The van der Waals surface area contributed by atoms with Crippen molar-refractivity contribution in [1.29, 1.82) is 0 Å². The van der Waals surface area contributed by atoms with Crippen molar-refractivity contribution < 1.29 is 13.7 Å². The van der Waals surface area contributed by atoms with Gasteiger partial charge in [0.1, 0.15) is 11.5 Å². The van der Waals surface area contributed by atoms with Crippen LogP contribution in [0.3, 0.4) is 0 Å². The van der Waals surface area contributed by atoms with Crippen molar-refractivity contribution in [1.82, 2.24) is 20.8 Å². The highest BCUT2D eigenvalue weighted by molar-refractivity contribution is 6.07. The van der Waals surface area contributed by atoms with Gasteiger partial charge in [-0.3, -0.25) is 4.79 Å². The SMILES string of the molecule is CNCCNC(=O)c1cc(-c2cc(C)oc2C)nc2onc(C)c12. The van der Waals surface area contributed by atoms with E-state index >= 15 is 0 Å². The second-order valence-electron chi connectivity index (χ2n) is 5.69. The summed E-state index contributed by atoms with van der Waals surface area (Å²) in [7, 11) is 1.84. The largest absolute Gasteiger partial charge is 0.466 e. The second-order valence-corrected chi connectivity index (χ2v) is 5.69. The summed E-state index contributed by atoms with van der Waals surface area (Å²) in [6.07, 6.45) is 0. The molecule has 0 aliphatic carbocycles. The van der Waals surface area contributed by atoms with E-state index in [-0.39, 0.29) is 5.91 Å². The van der Waals surface area contributed by atoms with Crippen LogP contribution < -0.4 is 10.6 Å². The van der Waals surface area contributed by atoms with Crippen molar-refractivity contribution in [3.8, 4) is 11.3 Å². The molecule has 126 valence electrons. The Bertz CT molecular complexity index is 895. The number of aromatic nitrogens is 2. The Hall–Kier alpha value is -2.67. The summed E-state index contributed by atoms with van der Waals surface area (Å²) in [4.78, 5) is 17.1. The van der Waals surface area contributed by atoms with Crippen molar-refractivity contribution in [2.45, 2.75) is 20.8 Å². The van der Waals surface area contributed by atoms with Crippen LogP contribution in [0.2, 0.25) is 0 Å². The number of amides is 1. The van der Waals surface area contributed by atoms with Crippen molar-refractivity contribution >= 4 is 17.0 Å². The maximum absolute atomic E-state index is 12.6. The van der Waals surface area contributed by atoms with Gasteiger partial charge in [0.25, 0.3) is 11.6 Å². The number of hydrogen-bond acceptors (Lipinski definition) is 6. The highest BCUT2D eigenvalue weighted by atomic mass is 16.5. The standard InChI is InChI=1S/C17H20N4O3/c1-9-7-12(11(3)23-9)14-8-13(16(22)19-6-5-18-4)15-10(2)21-24-17(15)20-14/h7-8,18H,5-6H2,1-4H3,(H,19,22). The van der Waals surface area contributed by atoms with E-state index in [4.69, 9.17) is 8.94 Å². The summed E-state index contributed by atoms with van der Waals surface area (Å²) >= 11 is 0. The van der Waals surface area contributed by atoms with Crippen molar-refractivity contribution in [2.24, 2.45) is 0 Å². The Morgan fingerprint density at radius 3 is 2.67 bits per heavy atom. The average molecular weight is 328 g/mol. The topological polar surface area (TPSA) is 93.2 Å². The third-order valence-electron chi connectivity index (χ3n) is 3.84. The molecule has 0 aliphatic rings. The summed E-state index contributed by atoms with van der Waals surface area (Å²) in [6, 6.07) is 3.66. The van der Waals surface area contributed by atoms with Gasteiger partial charge in [0.05, 0.1) is 22.3 Å². The van der Waals surface area contributed by atoms with Gasteiger partial charge in [-0.25, -0.2) is 4.98 Å². The summed E-state index contributed by atoms with van der Waals surface area (Å²) in [5.41, 5.74) is 2.97. The first-order valence-electron chi connectivity index (χ1n) is 7.78. The van der Waals surface area contributed by atoms with Crippen LogP contribution in [0.5, 0.6) is 0 Å². The second kappa shape index (κ2) is 6.45. The zero-order valence-corrected chi connectivity index (χ0v) is 14.2. The van der Waals surface area contributed by atoms with Crippen LogP contribution in [-0.2, 0) is 0 Å². The first kappa shape index (κ1) is 16.2. The van der Waals surface area contributed by atoms with Crippen LogP contribution in [0.25, 0.3) is 22.4 Å². The lowest BCUT2D eigenvalue weighted by Gasteiger charge is -2.07. The van der Waals surface area contributed by atoms with Gasteiger partial charge in [-0.2, -0.15) is 0 Å². The van der Waals surface area contributed by atoms with E-state index in [9.17, 15) is 4.79 Å². The van der Waals surface area contributed by atoms with Gasteiger partial charge in [-0.15, -0.1) is 0 Å². The van der Waals surface area contributed by atoms with Gasteiger partial charge in [0, 0.05) is 18.7 Å².